The summed E-state index contributed by atoms with van der Waals surface area (Å²) >= 11 is 0. The molecule has 0 aliphatic heterocycles. The molecule has 0 bridgehead atoms. The summed E-state index contributed by atoms with van der Waals surface area (Å²) in [6.07, 6.45) is 3.51. The van der Waals surface area contributed by atoms with Crippen LogP contribution >= 0.6 is 0 Å². The molecule has 17 heavy (non-hydrogen) atoms. The molecule has 3 rings (SSSR count). The zero-order valence-corrected chi connectivity index (χ0v) is 10.6. The second-order valence-electron chi connectivity index (χ2n) is 4.91. The fourth-order valence-electron chi connectivity index (χ4n) is 3.04. The van der Waals surface area contributed by atoms with Crippen molar-refractivity contribution in [2.75, 3.05) is 0 Å². The van der Waals surface area contributed by atoms with Crippen LogP contribution in [-0.2, 0) is 19.3 Å². The monoisotopic (exact) mass is 222 g/mol. The summed E-state index contributed by atoms with van der Waals surface area (Å²) in [6, 6.07) is 13.5. The van der Waals surface area contributed by atoms with Gasteiger partial charge in [-0.2, -0.15) is 0 Å². The SMILES string of the molecule is CCc1cccc2c1-c1c(C)cccc1CC2. The van der Waals surface area contributed by atoms with Crippen molar-refractivity contribution < 1.29 is 0 Å². The Balaban J connectivity index is 2.34. The van der Waals surface area contributed by atoms with Gasteiger partial charge in [0, 0.05) is 0 Å². The summed E-state index contributed by atoms with van der Waals surface area (Å²) in [7, 11) is 0. The fourth-order valence-corrected chi connectivity index (χ4v) is 3.04. The highest BCUT2D eigenvalue weighted by molar-refractivity contribution is 5.78. The van der Waals surface area contributed by atoms with Crippen molar-refractivity contribution in [1.29, 1.82) is 0 Å². The van der Waals surface area contributed by atoms with Crippen LogP contribution in [0, 0.1) is 6.92 Å². The van der Waals surface area contributed by atoms with Crippen LogP contribution in [-0.4, -0.2) is 0 Å². The highest BCUT2D eigenvalue weighted by atomic mass is 14.2. The third-order valence-corrected chi connectivity index (χ3v) is 3.89. The number of hydrogen-bond donors (Lipinski definition) is 0. The fraction of sp³-hybridized carbons (Fsp3) is 0.294. The van der Waals surface area contributed by atoms with Gasteiger partial charge in [0.05, 0.1) is 0 Å². The van der Waals surface area contributed by atoms with Crippen LogP contribution < -0.4 is 0 Å². The Morgan fingerprint density at radius 3 is 2.24 bits per heavy atom. The van der Waals surface area contributed by atoms with E-state index >= 15 is 0 Å². The molecule has 0 heterocycles. The van der Waals surface area contributed by atoms with Crippen LogP contribution in [0.2, 0.25) is 0 Å². The van der Waals surface area contributed by atoms with Crippen LogP contribution in [0.15, 0.2) is 36.4 Å². The minimum absolute atomic E-state index is 1.12. The van der Waals surface area contributed by atoms with Gasteiger partial charge in [0.15, 0.2) is 0 Å². The van der Waals surface area contributed by atoms with E-state index in [4.69, 9.17) is 0 Å². The molecule has 0 heteroatoms. The third kappa shape index (κ3) is 1.59. The van der Waals surface area contributed by atoms with Crippen molar-refractivity contribution in [2.45, 2.75) is 33.1 Å². The average molecular weight is 222 g/mol. The van der Waals surface area contributed by atoms with Crippen molar-refractivity contribution >= 4 is 0 Å². The molecule has 86 valence electrons. The molecule has 0 amide bonds. The first-order valence-electron chi connectivity index (χ1n) is 6.51. The molecule has 0 spiro atoms. The van der Waals surface area contributed by atoms with Gasteiger partial charge in [0.1, 0.15) is 0 Å². The van der Waals surface area contributed by atoms with E-state index in [9.17, 15) is 0 Å². The van der Waals surface area contributed by atoms with E-state index in [2.05, 4.69) is 50.2 Å². The van der Waals surface area contributed by atoms with Gasteiger partial charge >= 0.3 is 0 Å². The van der Waals surface area contributed by atoms with Crippen molar-refractivity contribution in [3.8, 4) is 11.1 Å². The van der Waals surface area contributed by atoms with E-state index in [0.29, 0.717) is 0 Å². The molecule has 0 nitrogen and oxygen atoms in total. The summed E-state index contributed by atoms with van der Waals surface area (Å²) in [6.45, 7) is 4.49. The molecule has 0 unspecified atom stereocenters. The predicted octanol–water partition coefficient (Wildman–Crippen LogP) is 4.32. The highest BCUT2D eigenvalue weighted by Gasteiger charge is 2.19. The average Bonchev–Trinajstić information content (AvgIpc) is 2.38. The molecule has 1 aliphatic rings. The van der Waals surface area contributed by atoms with Crippen LogP contribution in [0.1, 0.15) is 29.2 Å². The Morgan fingerprint density at radius 1 is 0.882 bits per heavy atom. The third-order valence-electron chi connectivity index (χ3n) is 3.89. The molecule has 0 radical (unpaired) electrons. The van der Waals surface area contributed by atoms with Gasteiger partial charge in [0.2, 0.25) is 0 Å². The van der Waals surface area contributed by atoms with Gasteiger partial charge in [0.25, 0.3) is 0 Å². The molecule has 2 aromatic carbocycles. The number of fused-ring (bicyclic) bond motifs is 3. The molecular formula is C17H18. The van der Waals surface area contributed by atoms with Gasteiger partial charge < -0.3 is 0 Å². The molecule has 0 saturated heterocycles. The first-order chi connectivity index (χ1) is 8.31. The molecule has 2 aromatic rings. The smallest absolute Gasteiger partial charge is 0.0114 e. The molecule has 0 fully saturated rings. The number of rotatable bonds is 1. The first-order valence-corrected chi connectivity index (χ1v) is 6.51. The molecule has 0 N–H and O–H groups in total. The lowest BCUT2D eigenvalue weighted by Crippen LogP contribution is -2.07. The lowest BCUT2D eigenvalue weighted by atomic mass is 9.80. The summed E-state index contributed by atoms with van der Waals surface area (Å²) in [5, 5.41) is 0. The number of benzene rings is 2. The van der Waals surface area contributed by atoms with E-state index in [1.54, 1.807) is 0 Å². The van der Waals surface area contributed by atoms with Gasteiger partial charge in [-0.3, -0.25) is 0 Å². The Bertz CT molecular complexity index is 550. The van der Waals surface area contributed by atoms with Crippen LogP contribution in [0.3, 0.4) is 0 Å². The van der Waals surface area contributed by atoms with Crippen molar-refractivity contribution in [3.63, 3.8) is 0 Å². The van der Waals surface area contributed by atoms with E-state index in [0.717, 1.165) is 6.42 Å². The maximum absolute atomic E-state index is 2.30. The van der Waals surface area contributed by atoms with Gasteiger partial charge in [-0.1, -0.05) is 43.3 Å². The molecule has 0 atom stereocenters. The number of hydrogen-bond acceptors (Lipinski definition) is 0. The molecule has 1 aliphatic carbocycles. The topological polar surface area (TPSA) is 0 Å². The van der Waals surface area contributed by atoms with E-state index in [1.165, 1.54) is 46.2 Å². The maximum atomic E-state index is 2.30. The predicted molar refractivity (Wildman–Crippen MR) is 73.4 cm³/mol. The molecular weight excluding hydrogens is 204 g/mol. The second-order valence-corrected chi connectivity index (χ2v) is 4.91. The highest BCUT2D eigenvalue weighted by Crippen LogP contribution is 2.38. The number of aryl methyl sites for hydroxylation is 4. The second kappa shape index (κ2) is 4.03. The Morgan fingerprint density at radius 2 is 1.53 bits per heavy atom. The van der Waals surface area contributed by atoms with Gasteiger partial charge in [-0.05, 0) is 59.6 Å². The zero-order valence-electron chi connectivity index (χ0n) is 10.6. The molecule has 0 aromatic heterocycles. The van der Waals surface area contributed by atoms with Crippen LogP contribution in [0.5, 0.6) is 0 Å². The molecule has 0 saturated carbocycles. The first kappa shape index (κ1) is 10.6. The van der Waals surface area contributed by atoms with Crippen molar-refractivity contribution in [2.24, 2.45) is 0 Å². The largest absolute Gasteiger partial charge is 0.0617 e. The minimum Gasteiger partial charge on any atom is -0.0617 e. The summed E-state index contributed by atoms with van der Waals surface area (Å²) < 4.78 is 0. The van der Waals surface area contributed by atoms with Crippen LogP contribution in [0.25, 0.3) is 11.1 Å². The van der Waals surface area contributed by atoms with Crippen LogP contribution in [0.4, 0.5) is 0 Å². The lowest BCUT2D eigenvalue weighted by Gasteiger charge is -2.24. The standard InChI is InChI=1S/C17H18/c1-3-13-7-5-9-15-11-10-14-8-4-6-12(2)16(14)17(13)15/h4-9H,3,10-11H2,1-2H3. The minimum atomic E-state index is 1.12. The zero-order chi connectivity index (χ0) is 11.8. The Labute approximate surface area is 103 Å². The van der Waals surface area contributed by atoms with E-state index < -0.39 is 0 Å². The lowest BCUT2D eigenvalue weighted by molar-refractivity contribution is 0.930. The summed E-state index contributed by atoms with van der Waals surface area (Å²) in [5.41, 5.74) is 9.01. The van der Waals surface area contributed by atoms with E-state index in [1.807, 2.05) is 0 Å². The van der Waals surface area contributed by atoms with Gasteiger partial charge in [-0.15, -0.1) is 0 Å². The quantitative estimate of drug-likeness (QED) is 0.674. The Hall–Kier alpha value is -1.56. The van der Waals surface area contributed by atoms with Gasteiger partial charge in [-0.25, -0.2) is 0 Å². The maximum Gasteiger partial charge on any atom is -0.0114 e. The summed E-state index contributed by atoms with van der Waals surface area (Å²) in [5.74, 6) is 0. The normalized spacial score (nSPS) is 13.1. The summed E-state index contributed by atoms with van der Waals surface area (Å²) in [4.78, 5) is 0. The Kier molecular flexibility index (Phi) is 2.51. The van der Waals surface area contributed by atoms with Crippen molar-refractivity contribution in [1.82, 2.24) is 0 Å². The van der Waals surface area contributed by atoms with Crippen molar-refractivity contribution in [3.05, 3.63) is 58.7 Å². The van der Waals surface area contributed by atoms with E-state index in [-0.39, 0.29) is 0 Å².